The summed E-state index contributed by atoms with van der Waals surface area (Å²) in [6.45, 7) is 7.58. The maximum atomic E-state index is 5.63. The lowest BCUT2D eigenvalue weighted by atomic mass is 10.2. The Hall–Kier alpha value is -1.26. The molecule has 0 atom stereocenters. The Morgan fingerprint density at radius 1 is 1.06 bits per heavy atom. The standard InChI is InChI=1S/C14H23NO3/c1-14(2,3)18-6-5-17-13-8-11(10-15)7-12(9-13)16-4/h7-9H,5-6,10,15H2,1-4H3. The molecule has 0 aliphatic carbocycles. The predicted molar refractivity (Wildman–Crippen MR) is 72.1 cm³/mol. The maximum absolute atomic E-state index is 5.63. The lowest BCUT2D eigenvalue weighted by molar-refractivity contribution is -0.0163. The van der Waals surface area contributed by atoms with E-state index in [0.717, 1.165) is 17.1 Å². The summed E-state index contributed by atoms with van der Waals surface area (Å²) < 4.78 is 16.4. The van der Waals surface area contributed by atoms with Crippen LogP contribution >= 0.6 is 0 Å². The molecule has 0 saturated heterocycles. The summed E-state index contributed by atoms with van der Waals surface area (Å²) in [6.07, 6.45) is 0. The molecule has 0 amide bonds. The Bertz CT molecular complexity index is 350. The second kappa shape index (κ2) is 6.61. The molecule has 0 aliphatic heterocycles. The Morgan fingerprint density at radius 3 is 2.28 bits per heavy atom. The van der Waals surface area contributed by atoms with Crippen LogP contribution in [0, 0.1) is 0 Å². The molecule has 1 aromatic carbocycles. The van der Waals surface area contributed by atoms with E-state index in [0.29, 0.717) is 19.8 Å². The first-order valence-corrected chi connectivity index (χ1v) is 6.09. The van der Waals surface area contributed by atoms with Crippen LogP contribution in [-0.4, -0.2) is 25.9 Å². The maximum Gasteiger partial charge on any atom is 0.123 e. The van der Waals surface area contributed by atoms with Gasteiger partial charge in [-0.3, -0.25) is 0 Å². The van der Waals surface area contributed by atoms with Crippen LogP contribution in [0.1, 0.15) is 26.3 Å². The van der Waals surface area contributed by atoms with Crippen molar-refractivity contribution in [1.82, 2.24) is 0 Å². The van der Waals surface area contributed by atoms with Crippen molar-refractivity contribution in [3.63, 3.8) is 0 Å². The zero-order valence-electron chi connectivity index (χ0n) is 11.7. The number of hydrogen-bond acceptors (Lipinski definition) is 4. The van der Waals surface area contributed by atoms with Crippen molar-refractivity contribution in [2.24, 2.45) is 5.73 Å². The van der Waals surface area contributed by atoms with E-state index in [-0.39, 0.29) is 5.60 Å². The van der Waals surface area contributed by atoms with E-state index >= 15 is 0 Å². The Morgan fingerprint density at radius 2 is 1.72 bits per heavy atom. The van der Waals surface area contributed by atoms with Crippen LogP contribution < -0.4 is 15.2 Å². The van der Waals surface area contributed by atoms with Gasteiger partial charge in [-0.2, -0.15) is 0 Å². The highest BCUT2D eigenvalue weighted by molar-refractivity contribution is 5.38. The first-order chi connectivity index (χ1) is 8.44. The minimum Gasteiger partial charge on any atom is -0.497 e. The highest BCUT2D eigenvalue weighted by Crippen LogP contribution is 2.22. The van der Waals surface area contributed by atoms with Gasteiger partial charge >= 0.3 is 0 Å². The zero-order valence-corrected chi connectivity index (χ0v) is 11.7. The van der Waals surface area contributed by atoms with E-state index in [9.17, 15) is 0 Å². The summed E-state index contributed by atoms with van der Waals surface area (Å²) >= 11 is 0. The molecule has 1 rings (SSSR count). The summed E-state index contributed by atoms with van der Waals surface area (Å²) in [7, 11) is 1.63. The monoisotopic (exact) mass is 253 g/mol. The summed E-state index contributed by atoms with van der Waals surface area (Å²) in [4.78, 5) is 0. The van der Waals surface area contributed by atoms with E-state index in [1.54, 1.807) is 7.11 Å². The Kier molecular flexibility index (Phi) is 5.44. The average molecular weight is 253 g/mol. The predicted octanol–water partition coefficient (Wildman–Crippen LogP) is 2.35. The van der Waals surface area contributed by atoms with Crippen molar-refractivity contribution in [3.8, 4) is 11.5 Å². The fourth-order valence-corrected chi connectivity index (χ4v) is 1.46. The van der Waals surface area contributed by atoms with Crippen LogP contribution in [0.4, 0.5) is 0 Å². The summed E-state index contributed by atoms with van der Waals surface area (Å²) in [5, 5.41) is 0. The molecule has 1 aromatic rings. The molecule has 102 valence electrons. The fourth-order valence-electron chi connectivity index (χ4n) is 1.46. The van der Waals surface area contributed by atoms with Crippen LogP contribution in [0.25, 0.3) is 0 Å². The number of nitrogens with two attached hydrogens (primary N) is 1. The van der Waals surface area contributed by atoms with Gasteiger partial charge in [-0.1, -0.05) is 0 Å². The SMILES string of the molecule is COc1cc(CN)cc(OCCOC(C)(C)C)c1. The van der Waals surface area contributed by atoms with Gasteiger partial charge in [0.1, 0.15) is 18.1 Å². The normalized spacial score (nSPS) is 11.4. The summed E-state index contributed by atoms with van der Waals surface area (Å²) in [6, 6.07) is 5.66. The molecule has 4 heteroatoms. The van der Waals surface area contributed by atoms with Crippen LogP contribution in [0.3, 0.4) is 0 Å². The fraction of sp³-hybridized carbons (Fsp3) is 0.571. The van der Waals surface area contributed by atoms with Gasteiger partial charge in [0.05, 0.1) is 19.3 Å². The molecule has 0 aromatic heterocycles. The molecule has 2 N–H and O–H groups in total. The number of benzene rings is 1. The number of methoxy groups -OCH3 is 1. The zero-order chi connectivity index (χ0) is 13.6. The molecular formula is C14H23NO3. The Labute approximate surface area is 109 Å². The quantitative estimate of drug-likeness (QED) is 0.791. The molecule has 0 fully saturated rings. The highest BCUT2D eigenvalue weighted by atomic mass is 16.5. The molecule has 0 heterocycles. The van der Waals surface area contributed by atoms with Crippen LogP contribution in [0.15, 0.2) is 18.2 Å². The molecule has 18 heavy (non-hydrogen) atoms. The second-order valence-corrected chi connectivity index (χ2v) is 5.03. The van der Waals surface area contributed by atoms with Gasteiger partial charge in [0, 0.05) is 12.6 Å². The number of ether oxygens (including phenoxy) is 3. The van der Waals surface area contributed by atoms with Crippen LogP contribution in [0.5, 0.6) is 11.5 Å². The lowest BCUT2D eigenvalue weighted by Crippen LogP contribution is -2.22. The van der Waals surface area contributed by atoms with Crippen molar-refractivity contribution in [2.45, 2.75) is 32.9 Å². The third-order valence-corrected chi connectivity index (χ3v) is 2.30. The summed E-state index contributed by atoms with van der Waals surface area (Å²) in [5.41, 5.74) is 6.47. The van der Waals surface area contributed by atoms with Gasteiger partial charge in [0.15, 0.2) is 0 Å². The van der Waals surface area contributed by atoms with Crippen molar-refractivity contribution >= 4 is 0 Å². The minimum atomic E-state index is -0.139. The molecule has 0 aliphatic rings. The Balaban J connectivity index is 2.51. The van der Waals surface area contributed by atoms with Gasteiger partial charge in [0.2, 0.25) is 0 Å². The van der Waals surface area contributed by atoms with Crippen molar-refractivity contribution in [2.75, 3.05) is 20.3 Å². The van der Waals surface area contributed by atoms with Gasteiger partial charge in [-0.25, -0.2) is 0 Å². The largest absolute Gasteiger partial charge is 0.497 e. The minimum absolute atomic E-state index is 0.139. The third kappa shape index (κ3) is 5.38. The van der Waals surface area contributed by atoms with E-state index in [4.69, 9.17) is 19.9 Å². The third-order valence-electron chi connectivity index (χ3n) is 2.30. The molecule has 0 saturated carbocycles. The second-order valence-electron chi connectivity index (χ2n) is 5.03. The number of hydrogen-bond donors (Lipinski definition) is 1. The van der Waals surface area contributed by atoms with Gasteiger partial charge in [-0.15, -0.1) is 0 Å². The van der Waals surface area contributed by atoms with Gasteiger partial charge in [-0.05, 0) is 38.5 Å². The molecule has 0 spiro atoms. The molecular weight excluding hydrogens is 230 g/mol. The first kappa shape index (κ1) is 14.8. The van der Waals surface area contributed by atoms with E-state index < -0.39 is 0 Å². The van der Waals surface area contributed by atoms with Gasteiger partial charge in [0.25, 0.3) is 0 Å². The number of rotatable bonds is 6. The van der Waals surface area contributed by atoms with Gasteiger partial charge < -0.3 is 19.9 Å². The smallest absolute Gasteiger partial charge is 0.123 e. The molecule has 0 bridgehead atoms. The lowest BCUT2D eigenvalue weighted by Gasteiger charge is -2.19. The molecule has 0 unspecified atom stereocenters. The first-order valence-electron chi connectivity index (χ1n) is 6.09. The molecule has 0 radical (unpaired) electrons. The molecule has 4 nitrogen and oxygen atoms in total. The van der Waals surface area contributed by atoms with E-state index in [1.807, 2.05) is 39.0 Å². The highest BCUT2D eigenvalue weighted by Gasteiger charge is 2.09. The van der Waals surface area contributed by atoms with E-state index in [2.05, 4.69) is 0 Å². The van der Waals surface area contributed by atoms with Crippen molar-refractivity contribution in [1.29, 1.82) is 0 Å². The van der Waals surface area contributed by atoms with Crippen LogP contribution in [-0.2, 0) is 11.3 Å². The van der Waals surface area contributed by atoms with E-state index in [1.165, 1.54) is 0 Å². The van der Waals surface area contributed by atoms with Crippen LogP contribution in [0.2, 0.25) is 0 Å². The van der Waals surface area contributed by atoms with Crippen molar-refractivity contribution in [3.05, 3.63) is 23.8 Å². The average Bonchev–Trinajstić information content (AvgIpc) is 2.33. The summed E-state index contributed by atoms with van der Waals surface area (Å²) in [5.74, 6) is 1.51. The van der Waals surface area contributed by atoms with Crippen molar-refractivity contribution < 1.29 is 14.2 Å². The topological polar surface area (TPSA) is 53.7 Å².